The molecule has 0 aliphatic carbocycles. The fourth-order valence-electron chi connectivity index (χ4n) is 1.78. The van der Waals surface area contributed by atoms with Gasteiger partial charge in [0.05, 0.1) is 12.0 Å². The number of amides is 2. The molecule has 108 valence electrons. The van der Waals surface area contributed by atoms with Gasteiger partial charge < -0.3 is 11.1 Å². The first-order valence-corrected chi connectivity index (χ1v) is 7.68. The van der Waals surface area contributed by atoms with Crippen LogP contribution in [-0.4, -0.2) is 11.8 Å². The topological polar surface area (TPSA) is 72.2 Å². The summed E-state index contributed by atoms with van der Waals surface area (Å²) in [5.41, 5.74) is 7.14. The molecule has 0 atom stereocenters. The number of anilines is 1. The summed E-state index contributed by atoms with van der Waals surface area (Å²) >= 11 is 6.70. The summed E-state index contributed by atoms with van der Waals surface area (Å²) in [4.78, 5) is 23.0. The molecule has 0 heterocycles. The normalized spacial score (nSPS) is 10.2. The van der Waals surface area contributed by atoms with Crippen LogP contribution in [0.15, 0.2) is 51.4 Å². The lowest BCUT2D eigenvalue weighted by molar-refractivity contribution is -0.117. The number of hydrogen-bond donors (Lipinski definition) is 2. The summed E-state index contributed by atoms with van der Waals surface area (Å²) in [6.07, 6.45) is 0.187. The first kappa shape index (κ1) is 15.7. The molecular formula is C15H12Br2N2O2. The maximum atomic E-state index is 12.2. The lowest BCUT2D eigenvalue weighted by Gasteiger charge is -2.08. The minimum atomic E-state index is -0.384. The van der Waals surface area contributed by atoms with Crippen molar-refractivity contribution in [1.82, 2.24) is 0 Å². The lowest BCUT2D eigenvalue weighted by atomic mass is 10.1. The molecule has 0 unspecified atom stereocenters. The van der Waals surface area contributed by atoms with Crippen LogP contribution in [0.1, 0.15) is 15.9 Å². The number of primary amides is 1. The van der Waals surface area contributed by atoms with Crippen molar-refractivity contribution in [2.24, 2.45) is 5.73 Å². The number of halogens is 2. The number of hydrogen-bond acceptors (Lipinski definition) is 2. The van der Waals surface area contributed by atoms with Crippen LogP contribution in [-0.2, 0) is 11.2 Å². The maximum Gasteiger partial charge on any atom is 0.256 e. The highest BCUT2D eigenvalue weighted by Gasteiger charge is 2.10. The van der Waals surface area contributed by atoms with E-state index in [1.54, 1.807) is 36.4 Å². The lowest BCUT2D eigenvalue weighted by Crippen LogP contribution is -2.14. The number of nitrogens with one attached hydrogen (secondary N) is 1. The summed E-state index contributed by atoms with van der Waals surface area (Å²) in [6.45, 7) is 0. The molecule has 6 heteroatoms. The zero-order chi connectivity index (χ0) is 15.4. The van der Waals surface area contributed by atoms with Crippen molar-refractivity contribution in [3.8, 4) is 0 Å². The van der Waals surface area contributed by atoms with Crippen LogP contribution < -0.4 is 11.1 Å². The Balaban J connectivity index is 2.10. The van der Waals surface area contributed by atoms with Gasteiger partial charge in [0.1, 0.15) is 0 Å². The Morgan fingerprint density at radius 3 is 2.29 bits per heavy atom. The van der Waals surface area contributed by atoms with Crippen molar-refractivity contribution >= 4 is 49.4 Å². The van der Waals surface area contributed by atoms with Gasteiger partial charge in [-0.05, 0) is 51.8 Å². The van der Waals surface area contributed by atoms with E-state index in [0.29, 0.717) is 15.7 Å². The van der Waals surface area contributed by atoms with Gasteiger partial charge in [-0.2, -0.15) is 0 Å². The Bertz CT molecular complexity index is 685. The number of nitrogens with two attached hydrogens (primary N) is 1. The minimum absolute atomic E-state index is 0.187. The molecule has 3 N–H and O–H groups in total. The van der Waals surface area contributed by atoms with Crippen LogP contribution in [0.25, 0.3) is 0 Å². The van der Waals surface area contributed by atoms with E-state index in [9.17, 15) is 9.59 Å². The Labute approximate surface area is 139 Å². The van der Waals surface area contributed by atoms with Gasteiger partial charge in [-0.1, -0.05) is 28.1 Å². The maximum absolute atomic E-state index is 12.2. The molecule has 0 saturated heterocycles. The molecule has 0 spiro atoms. The fourth-order valence-corrected chi connectivity index (χ4v) is 3.01. The molecule has 0 fully saturated rings. The van der Waals surface area contributed by atoms with Crippen molar-refractivity contribution in [3.05, 3.63) is 62.5 Å². The third-order valence-electron chi connectivity index (χ3n) is 2.77. The van der Waals surface area contributed by atoms with Gasteiger partial charge in [0.15, 0.2) is 0 Å². The Kier molecular flexibility index (Phi) is 5.14. The van der Waals surface area contributed by atoms with Gasteiger partial charge in [-0.15, -0.1) is 0 Å². The standard InChI is InChI=1S/C15H12Br2N2O2/c16-10-3-6-12(13(17)8-10)15(21)19-11-4-1-9(2-5-11)7-14(18)20/h1-6,8H,7H2,(H2,18,20)(H,19,21). The van der Waals surface area contributed by atoms with Crippen LogP contribution in [0, 0.1) is 0 Å². The van der Waals surface area contributed by atoms with E-state index in [-0.39, 0.29) is 18.2 Å². The van der Waals surface area contributed by atoms with E-state index in [1.165, 1.54) is 0 Å². The second kappa shape index (κ2) is 6.87. The SMILES string of the molecule is NC(=O)Cc1ccc(NC(=O)c2ccc(Br)cc2Br)cc1. The predicted molar refractivity (Wildman–Crippen MR) is 89.1 cm³/mol. The van der Waals surface area contributed by atoms with Gasteiger partial charge in [0.25, 0.3) is 5.91 Å². The van der Waals surface area contributed by atoms with E-state index in [0.717, 1.165) is 10.0 Å². The van der Waals surface area contributed by atoms with Gasteiger partial charge in [-0.25, -0.2) is 0 Å². The molecule has 0 radical (unpaired) electrons. The molecule has 0 saturated carbocycles. The van der Waals surface area contributed by atoms with Crippen molar-refractivity contribution in [3.63, 3.8) is 0 Å². The molecule has 2 rings (SSSR count). The molecule has 2 aromatic rings. The average molecular weight is 412 g/mol. The van der Waals surface area contributed by atoms with Crippen molar-refractivity contribution in [2.45, 2.75) is 6.42 Å². The molecule has 21 heavy (non-hydrogen) atoms. The number of carbonyl (C=O) groups is 2. The number of rotatable bonds is 4. The molecular weight excluding hydrogens is 400 g/mol. The molecule has 4 nitrogen and oxygen atoms in total. The summed E-state index contributed by atoms with van der Waals surface area (Å²) in [7, 11) is 0. The first-order chi connectivity index (χ1) is 9.95. The van der Waals surface area contributed by atoms with Crippen LogP contribution in [0.3, 0.4) is 0 Å². The van der Waals surface area contributed by atoms with Crippen molar-refractivity contribution in [1.29, 1.82) is 0 Å². The smallest absolute Gasteiger partial charge is 0.256 e. The summed E-state index contributed by atoms with van der Waals surface area (Å²) in [6, 6.07) is 12.3. The molecule has 0 bridgehead atoms. The zero-order valence-electron chi connectivity index (χ0n) is 10.9. The summed E-state index contributed by atoms with van der Waals surface area (Å²) < 4.78 is 1.60. The predicted octanol–water partition coefficient (Wildman–Crippen LogP) is 3.49. The third kappa shape index (κ3) is 4.41. The zero-order valence-corrected chi connectivity index (χ0v) is 14.1. The van der Waals surface area contributed by atoms with E-state index in [1.807, 2.05) is 6.07 Å². The van der Waals surface area contributed by atoms with E-state index in [4.69, 9.17) is 5.73 Å². The molecule has 0 aliphatic heterocycles. The number of carbonyl (C=O) groups excluding carboxylic acids is 2. The Morgan fingerprint density at radius 2 is 1.71 bits per heavy atom. The van der Waals surface area contributed by atoms with Gasteiger partial charge in [-0.3, -0.25) is 9.59 Å². The molecule has 2 amide bonds. The van der Waals surface area contributed by atoms with E-state index < -0.39 is 0 Å². The summed E-state index contributed by atoms with van der Waals surface area (Å²) in [5.74, 6) is -0.595. The average Bonchev–Trinajstić information content (AvgIpc) is 2.40. The summed E-state index contributed by atoms with van der Waals surface area (Å²) in [5, 5.41) is 2.80. The van der Waals surface area contributed by atoms with E-state index in [2.05, 4.69) is 37.2 Å². The minimum Gasteiger partial charge on any atom is -0.369 e. The number of benzene rings is 2. The molecule has 0 aliphatic rings. The van der Waals surface area contributed by atoms with Crippen molar-refractivity contribution < 1.29 is 9.59 Å². The largest absolute Gasteiger partial charge is 0.369 e. The van der Waals surface area contributed by atoms with E-state index >= 15 is 0 Å². The Hall–Kier alpha value is -1.66. The Morgan fingerprint density at radius 1 is 1.05 bits per heavy atom. The highest BCUT2D eigenvalue weighted by Crippen LogP contribution is 2.23. The molecule has 2 aromatic carbocycles. The highest BCUT2D eigenvalue weighted by molar-refractivity contribution is 9.11. The second-order valence-corrected chi connectivity index (χ2v) is 6.19. The highest BCUT2D eigenvalue weighted by atomic mass is 79.9. The van der Waals surface area contributed by atoms with Crippen molar-refractivity contribution in [2.75, 3.05) is 5.32 Å². The van der Waals surface area contributed by atoms with Gasteiger partial charge in [0.2, 0.25) is 5.91 Å². The van der Waals surface area contributed by atoms with Crippen LogP contribution in [0.4, 0.5) is 5.69 Å². The van der Waals surface area contributed by atoms with Crippen LogP contribution in [0.2, 0.25) is 0 Å². The van der Waals surface area contributed by atoms with Crippen LogP contribution in [0.5, 0.6) is 0 Å². The molecule has 0 aromatic heterocycles. The second-order valence-electron chi connectivity index (χ2n) is 4.42. The van der Waals surface area contributed by atoms with Gasteiger partial charge in [0, 0.05) is 14.6 Å². The van der Waals surface area contributed by atoms with Gasteiger partial charge >= 0.3 is 0 Å². The fraction of sp³-hybridized carbons (Fsp3) is 0.0667. The third-order valence-corrected chi connectivity index (χ3v) is 3.92. The van der Waals surface area contributed by atoms with Crippen LogP contribution >= 0.6 is 31.9 Å². The monoisotopic (exact) mass is 410 g/mol. The first-order valence-electron chi connectivity index (χ1n) is 6.09. The quantitative estimate of drug-likeness (QED) is 0.808.